The van der Waals surface area contributed by atoms with Crippen LogP contribution in [-0.4, -0.2) is 49.5 Å². The number of ether oxygens (including phenoxy) is 1. The summed E-state index contributed by atoms with van der Waals surface area (Å²) in [5.41, 5.74) is 0. The maximum atomic E-state index is 9.00. The number of hydrogen-bond donors (Lipinski definition) is 1. The molecule has 0 saturated carbocycles. The molecule has 0 radical (unpaired) electrons. The highest BCUT2D eigenvalue weighted by atomic mass is 16.5. The van der Waals surface area contributed by atoms with Gasteiger partial charge >= 0.3 is 0 Å². The molecule has 0 bridgehead atoms. The zero-order chi connectivity index (χ0) is 8.69. The van der Waals surface area contributed by atoms with Crippen LogP contribution in [0.15, 0.2) is 0 Å². The molecule has 3 heteroatoms. The van der Waals surface area contributed by atoms with Gasteiger partial charge in [-0.05, 0) is 20.9 Å². The number of aliphatic hydroxyl groups excluding tert-OH is 1. The number of hydrogen-bond acceptors (Lipinski definition) is 3. The van der Waals surface area contributed by atoms with Gasteiger partial charge < -0.3 is 14.7 Å². The van der Waals surface area contributed by atoms with E-state index in [1.807, 2.05) is 14.0 Å². The lowest BCUT2D eigenvalue weighted by molar-refractivity contribution is 0.0957. The Balaban J connectivity index is 3.15. The molecule has 0 fully saturated rings. The highest BCUT2D eigenvalue weighted by molar-refractivity contribution is 4.54. The molecule has 0 unspecified atom stereocenters. The SMILES string of the molecule is CCOCCN(C)C[C@@H](C)O. The summed E-state index contributed by atoms with van der Waals surface area (Å²) in [5, 5.41) is 9.00. The second kappa shape index (κ2) is 6.58. The molecule has 0 rings (SSSR count). The van der Waals surface area contributed by atoms with E-state index in [9.17, 15) is 0 Å². The molecule has 0 aromatic carbocycles. The summed E-state index contributed by atoms with van der Waals surface area (Å²) in [5.74, 6) is 0. The van der Waals surface area contributed by atoms with Crippen molar-refractivity contribution in [3.8, 4) is 0 Å². The lowest BCUT2D eigenvalue weighted by Gasteiger charge is -2.17. The predicted molar refractivity (Wildman–Crippen MR) is 45.7 cm³/mol. The van der Waals surface area contributed by atoms with Crippen molar-refractivity contribution >= 4 is 0 Å². The molecule has 68 valence electrons. The smallest absolute Gasteiger partial charge is 0.0638 e. The van der Waals surface area contributed by atoms with Crippen LogP contribution < -0.4 is 0 Å². The van der Waals surface area contributed by atoms with Crippen molar-refractivity contribution in [1.29, 1.82) is 0 Å². The van der Waals surface area contributed by atoms with E-state index in [0.29, 0.717) is 6.54 Å². The van der Waals surface area contributed by atoms with Gasteiger partial charge in [0.05, 0.1) is 12.7 Å². The summed E-state index contributed by atoms with van der Waals surface area (Å²) in [7, 11) is 1.98. The molecule has 0 aliphatic carbocycles. The Labute approximate surface area is 69.0 Å². The van der Waals surface area contributed by atoms with E-state index >= 15 is 0 Å². The summed E-state index contributed by atoms with van der Waals surface area (Å²) in [6, 6.07) is 0. The van der Waals surface area contributed by atoms with Crippen LogP contribution in [0.5, 0.6) is 0 Å². The number of aliphatic hydroxyl groups is 1. The van der Waals surface area contributed by atoms with Gasteiger partial charge in [-0.3, -0.25) is 0 Å². The molecule has 1 N–H and O–H groups in total. The van der Waals surface area contributed by atoms with Crippen molar-refractivity contribution in [1.82, 2.24) is 4.90 Å². The Hall–Kier alpha value is -0.120. The average molecular weight is 161 g/mol. The molecule has 11 heavy (non-hydrogen) atoms. The van der Waals surface area contributed by atoms with Crippen LogP contribution in [0.4, 0.5) is 0 Å². The molecule has 0 spiro atoms. The monoisotopic (exact) mass is 161 g/mol. The third kappa shape index (κ3) is 7.78. The minimum absolute atomic E-state index is 0.248. The van der Waals surface area contributed by atoms with Crippen LogP contribution in [0.25, 0.3) is 0 Å². The Morgan fingerprint density at radius 2 is 2.18 bits per heavy atom. The third-order valence-electron chi connectivity index (χ3n) is 1.40. The molecule has 0 aromatic rings. The topological polar surface area (TPSA) is 32.7 Å². The Bertz CT molecular complexity index is 86.2. The van der Waals surface area contributed by atoms with E-state index in [1.165, 1.54) is 0 Å². The van der Waals surface area contributed by atoms with E-state index < -0.39 is 0 Å². The predicted octanol–water partition coefficient (Wildman–Crippen LogP) is 0.336. The van der Waals surface area contributed by atoms with Gasteiger partial charge in [-0.1, -0.05) is 0 Å². The first-order valence-electron chi connectivity index (χ1n) is 4.11. The molecule has 0 heterocycles. The minimum Gasteiger partial charge on any atom is -0.392 e. The lowest BCUT2D eigenvalue weighted by atomic mass is 10.4. The van der Waals surface area contributed by atoms with Crippen LogP contribution in [0.1, 0.15) is 13.8 Å². The molecule has 0 saturated heterocycles. The van der Waals surface area contributed by atoms with Crippen LogP contribution in [0, 0.1) is 0 Å². The fourth-order valence-electron chi connectivity index (χ4n) is 0.907. The fraction of sp³-hybridized carbons (Fsp3) is 1.00. The average Bonchev–Trinajstić information content (AvgIpc) is 1.86. The molecule has 0 amide bonds. The highest BCUT2D eigenvalue weighted by Crippen LogP contribution is 1.87. The first-order valence-corrected chi connectivity index (χ1v) is 4.11. The van der Waals surface area contributed by atoms with Gasteiger partial charge in [0.25, 0.3) is 0 Å². The number of nitrogens with zero attached hydrogens (tertiary/aromatic N) is 1. The Morgan fingerprint density at radius 1 is 1.55 bits per heavy atom. The summed E-state index contributed by atoms with van der Waals surface area (Å²) >= 11 is 0. The van der Waals surface area contributed by atoms with Gasteiger partial charge in [0.1, 0.15) is 0 Å². The maximum absolute atomic E-state index is 9.00. The van der Waals surface area contributed by atoms with Crippen molar-refractivity contribution < 1.29 is 9.84 Å². The summed E-state index contributed by atoms with van der Waals surface area (Å²) in [4.78, 5) is 2.06. The first kappa shape index (κ1) is 10.9. The Morgan fingerprint density at radius 3 is 2.64 bits per heavy atom. The van der Waals surface area contributed by atoms with E-state index in [2.05, 4.69) is 4.90 Å². The fourth-order valence-corrected chi connectivity index (χ4v) is 0.907. The summed E-state index contributed by atoms with van der Waals surface area (Å²) < 4.78 is 5.16. The van der Waals surface area contributed by atoms with Crippen LogP contribution in [-0.2, 0) is 4.74 Å². The van der Waals surface area contributed by atoms with Gasteiger partial charge in [-0.2, -0.15) is 0 Å². The van der Waals surface area contributed by atoms with E-state index in [0.717, 1.165) is 19.8 Å². The van der Waals surface area contributed by atoms with E-state index in [4.69, 9.17) is 9.84 Å². The van der Waals surface area contributed by atoms with Crippen LogP contribution >= 0.6 is 0 Å². The molecular weight excluding hydrogens is 142 g/mol. The second-order valence-electron chi connectivity index (χ2n) is 2.81. The van der Waals surface area contributed by atoms with Gasteiger partial charge in [0, 0.05) is 19.7 Å². The largest absolute Gasteiger partial charge is 0.392 e. The number of likely N-dealkylation sites (N-methyl/N-ethyl adjacent to an activating group) is 1. The molecule has 0 aromatic heterocycles. The molecule has 1 atom stereocenters. The van der Waals surface area contributed by atoms with Crippen molar-refractivity contribution in [2.24, 2.45) is 0 Å². The van der Waals surface area contributed by atoms with Crippen molar-refractivity contribution in [2.45, 2.75) is 20.0 Å². The second-order valence-corrected chi connectivity index (χ2v) is 2.81. The molecule has 0 aliphatic heterocycles. The quantitative estimate of drug-likeness (QED) is 0.570. The van der Waals surface area contributed by atoms with E-state index in [-0.39, 0.29) is 6.10 Å². The minimum atomic E-state index is -0.248. The van der Waals surface area contributed by atoms with Gasteiger partial charge in [0.2, 0.25) is 0 Å². The maximum Gasteiger partial charge on any atom is 0.0638 e. The lowest BCUT2D eigenvalue weighted by Crippen LogP contribution is -2.30. The van der Waals surface area contributed by atoms with Crippen molar-refractivity contribution in [3.05, 3.63) is 0 Å². The summed E-state index contributed by atoms with van der Waals surface area (Å²) in [6.45, 7) is 6.89. The standard InChI is InChI=1S/C8H19NO2/c1-4-11-6-5-9(3)7-8(2)10/h8,10H,4-7H2,1-3H3/t8-/m1/s1. The van der Waals surface area contributed by atoms with Gasteiger partial charge in [-0.15, -0.1) is 0 Å². The zero-order valence-corrected chi connectivity index (χ0v) is 7.71. The van der Waals surface area contributed by atoms with Crippen molar-refractivity contribution in [2.75, 3.05) is 33.4 Å². The normalized spacial score (nSPS) is 13.9. The van der Waals surface area contributed by atoms with Gasteiger partial charge in [0.15, 0.2) is 0 Å². The number of rotatable bonds is 6. The Kier molecular flexibility index (Phi) is 6.51. The molecule has 3 nitrogen and oxygen atoms in total. The van der Waals surface area contributed by atoms with E-state index in [1.54, 1.807) is 6.92 Å². The molecular formula is C8H19NO2. The molecule has 0 aliphatic rings. The first-order chi connectivity index (χ1) is 5.16. The zero-order valence-electron chi connectivity index (χ0n) is 7.71. The third-order valence-corrected chi connectivity index (χ3v) is 1.40. The van der Waals surface area contributed by atoms with Gasteiger partial charge in [-0.25, -0.2) is 0 Å². The van der Waals surface area contributed by atoms with Crippen LogP contribution in [0.2, 0.25) is 0 Å². The summed E-state index contributed by atoms with van der Waals surface area (Å²) in [6.07, 6.45) is -0.248. The highest BCUT2D eigenvalue weighted by Gasteiger charge is 2.01. The van der Waals surface area contributed by atoms with Crippen molar-refractivity contribution in [3.63, 3.8) is 0 Å². The van der Waals surface area contributed by atoms with Crippen LogP contribution in [0.3, 0.4) is 0 Å².